The third-order valence-electron chi connectivity index (χ3n) is 5.11. The topological polar surface area (TPSA) is 75.6 Å². The molecule has 0 radical (unpaired) electrons. The van der Waals surface area contributed by atoms with E-state index >= 15 is 0 Å². The van der Waals surface area contributed by atoms with Gasteiger partial charge in [-0.1, -0.05) is 36.4 Å². The average molecular weight is 466 g/mol. The molecular weight excluding hydrogens is 435 g/mol. The summed E-state index contributed by atoms with van der Waals surface area (Å²) >= 11 is 0. The van der Waals surface area contributed by atoms with Crippen LogP contribution in [0, 0.1) is 5.92 Å². The smallest absolute Gasteiger partial charge is 0.416 e. The summed E-state index contributed by atoms with van der Waals surface area (Å²) in [7, 11) is 0. The van der Waals surface area contributed by atoms with E-state index in [1.807, 2.05) is 25.2 Å². The van der Waals surface area contributed by atoms with Crippen LogP contribution in [0.2, 0.25) is 0 Å². The van der Waals surface area contributed by atoms with Crippen LogP contribution in [0.15, 0.2) is 60.2 Å². The molecule has 0 aliphatic heterocycles. The van der Waals surface area contributed by atoms with Crippen LogP contribution >= 0.6 is 0 Å². The van der Waals surface area contributed by atoms with Gasteiger partial charge in [0.2, 0.25) is 5.91 Å². The van der Waals surface area contributed by atoms with Crippen LogP contribution in [-0.4, -0.2) is 36.1 Å². The number of alkyl halides is 3. The highest BCUT2D eigenvalue weighted by Crippen LogP contribution is 2.31. The maximum atomic E-state index is 12.8. The second-order valence-electron chi connectivity index (χ2n) is 7.74. The van der Waals surface area contributed by atoms with E-state index < -0.39 is 17.8 Å². The fourth-order valence-electron chi connectivity index (χ4n) is 3.38. The lowest BCUT2D eigenvalue weighted by Gasteiger charge is -2.12. The van der Waals surface area contributed by atoms with Gasteiger partial charge in [0.1, 0.15) is 24.2 Å². The molecule has 5 nitrogen and oxygen atoms in total. The summed E-state index contributed by atoms with van der Waals surface area (Å²) in [4.78, 5) is 23.6. The molecule has 0 heterocycles. The summed E-state index contributed by atoms with van der Waals surface area (Å²) in [6.07, 6.45) is 6.15. The quantitative estimate of drug-likeness (QED) is 0.345. The second kappa shape index (κ2) is 13.0. The summed E-state index contributed by atoms with van der Waals surface area (Å²) < 4.78 is 43.6. The molecule has 1 unspecified atom stereocenters. The number of hydrogen-bond acceptors (Lipinski definition) is 4. The number of unbranched alkanes of at least 4 members (excludes halogenated alkanes) is 1. The lowest BCUT2D eigenvalue weighted by Crippen LogP contribution is -2.21. The van der Waals surface area contributed by atoms with Crippen molar-refractivity contribution in [1.82, 2.24) is 5.32 Å². The standard InChI is InChI=1S/C25H30F3NO4/c1-2-29-24(32)11-6-4-3-5-10-22-18(13-15-23(22)31)12-14-20(30)17-33-21-9-7-8-19(16-21)25(26,27)28/h3,5,7-9,12-14,16,20,22,30H,2,4,6,10-11,15,17H2,1H3,(H,29,32)/b5-3-,14-12+/t20?,22-/m1/s1. The van der Waals surface area contributed by atoms with E-state index in [-0.39, 0.29) is 30.0 Å². The number of ether oxygens (including phenoxy) is 1. The number of hydrogen-bond donors (Lipinski definition) is 2. The highest BCUT2D eigenvalue weighted by molar-refractivity contribution is 5.89. The molecule has 1 aliphatic rings. The molecule has 0 fully saturated rings. The summed E-state index contributed by atoms with van der Waals surface area (Å²) in [5.74, 6) is -0.153. The molecule has 33 heavy (non-hydrogen) atoms. The monoisotopic (exact) mass is 465 g/mol. The molecule has 0 spiro atoms. The summed E-state index contributed by atoms with van der Waals surface area (Å²) in [6, 6.07) is 4.47. The van der Waals surface area contributed by atoms with Gasteiger partial charge in [0.25, 0.3) is 0 Å². The van der Waals surface area contributed by atoms with Gasteiger partial charge >= 0.3 is 6.18 Å². The summed E-state index contributed by atoms with van der Waals surface area (Å²) in [5, 5.41) is 12.9. The molecule has 2 rings (SSSR count). The van der Waals surface area contributed by atoms with E-state index in [0.717, 1.165) is 30.5 Å². The van der Waals surface area contributed by atoms with Crippen molar-refractivity contribution in [2.24, 2.45) is 5.92 Å². The SMILES string of the molecule is CCNC(=O)CCC/C=C\C[C@H]1C(=O)CC=C1/C=C/C(O)COc1cccc(C(F)(F)F)c1. The number of carbonyl (C=O) groups excluding carboxylic acids is 2. The Morgan fingerprint density at radius 3 is 2.85 bits per heavy atom. The van der Waals surface area contributed by atoms with Gasteiger partial charge in [-0.2, -0.15) is 13.2 Å². The number of amides is 1. The fourth-order valence-corrected chi connectivity index (χ4v) is 3.38. The number of aliphatic hydroxyl groups excluding tert-OH is 1. The third kappa shape index (κ3) is 9.26. The van der Waals surface area contributed by atoms with Gasteiger partial charge in [-0.05, 0) is 50.0 Å². The van der Waals surface area contributed by atoms with Crippen LogP contribution in [0.3, 0.4) is 0 Å². The van der Waals surface area contributed by atoms with E-state index in [0.29, 0.717) is 25.8 Å². The van der Waals surface area contributed by atoms with Crippen LogP contribution in [-0.2, 0) is 15.8 Å². The average Bonchev–Trinajstić information content (AvgIpc) is 3.12. The first kappa shape index (κ1) is 26.4. The molecule has 0 saturated heterocycles. The molecule has 0 aromatic heterocycles. The number of benzene rings is 1. The predicted octanol–water partition coefficient (Wildman–Crippen LogP) is 4.77. The second-order valence-corrected chi connectivity index (χ2v) is 7.74. The van der Waals surface area contributed by atoms with Crippen LogP contribution in [0.1, 0.15) is 44.6 Å². The van der Waals surface area contributed by atoms with Gasteiger partial charge in [-0.3, -0.25) is 9.59 Å². The van der Waals surface area contributed by atoms with Crippen molar-refractivity contribution in [1.29, 1.82) is 0 Å². The molecular formula is C25H30F3NO4. The molecule has 0 bridgehead atoms. The Kier molecular flexibility index (Phi) is 10.4. The number of nitrogens with one attached hydrogen (secondary N) is 1. The molecule has 2 N–H and O–H groups in total. The van der Waals surface area contributed by atoms with E-state index in [2.05, 4.69) is 5.32 Å². The molecule has 8 heteroatoms. The Labute approximate surface area is 192 Å². The van der Waals surface area contributed by atoms with E-state index in [1.54, 1.807) is 6.08 Å². The molecule has 1 amide bonds. The number of ketones is 1. The minimum Gasteiger partial charge on any atom is -0.491 e. The minimum absolute atomic E-state index is 0.0164. The minimum atomic E-state index is -4.47. The normalized spacial score (nSPS) is 17.5. The number of aliphatic hydroxyl groups is 1. The fraction of sp³-hybridized carbons (Fsp3) is 0.440. The van der Waals surface area contributed by atoms with Gasteiger partial charge in [-0.15, -0.1) is 0 Å². The molecule has 2 atom stereocenters. The van der Waals surface area contributed by atoms with Crippen molar-refractivity contribution in [2.45, 2.75) is 51.3 Å². The number of halogens is 3. The first-order chi connectivity index (χ1) is 15.7. The van der Waals surface area contributed by atoms with Gasteiger partial charge in [0, 0.05) is 25.3 Å². The highest BCUT2D eigenvalue weighted by atomic mass is 19.4. The van der Waals surface area contributed by atoms with Crippen LogP contribution in [0.25, 0.3) is 0 Å². The van der Waals surface area contributed by atoms with Crippen LogP contribution in [0.5, 0.6) is 5.75 Å². The Balaban J connectivity index is 1.80. The molecule has 1 aromatic rings. The van der Waals surface area contributed by atoms with E-state index in [1.165, 1.54) is 18.2 Å². The van der Waals surface area contributed by atoms with Crippen molar-refractivity contribution in [3.63, 3.8) is 0 Å². The van der Waals surface area contributed by atoms with Crippen molar-refractivity contribution in [3.05, 3.63) is 65.8 Å². The Morgan fingerprint density at radius 1 is 1.33 bits per heavy atom. The largest absolute Gasteiger partial charge is 0.491 e. The van der Waals surface area contributed by atoms with Crippen LogP contribution in [0.4, 0.5) is 13.2 Å². The predicted molar refractivity (Wildman–Crippen MR) is 120 cm³/mol. The Hall–Kier alpha value is -2.87. The molecule has 0 saturated carbocycles. The van der Waals surface area contributed by atoms with E-state index in [9.17, 15) is 27.9 Å². The maximum absolute atomic E-state index is 12.8. The first-order valence-electron chi connectivity index (χ1n) is 11.0. The van der Waals surface area contributed by atoms with Crippen molar-refractivity contribution in [3.8, 4) is 5.75 Å². The molecule has 1 aliphatic carbocycles. The van der Waals surface area contributed by atoms with Crippen molar-refractivity contribution in [2.75, 3.05) is 13.2 Å². The number of Topliss-reactive ketones (excluding diaryl/α,β-unsaturated/α-hetero) is 1. The van der Waals surface area contributed by atoms with Gasteiger partial charge < -0.3 is 15.2 Å². The first-order valence-corrected chi connectivity index (χ1v) is 11.0. The lowest BCUT2D eigenvalue weighted by molar-refractivity contribution is -0.137. The maximum Gasteiger partial charge on any atom is 0.416 e. The van der Waals surface area contributed by atoms with Gasteiger partial charge in [-0.25, -0.2) is 0 Å². The van der Waals surface area contributed by atoms with Crippen LogP contribution < -0.4 is 10.1 Å². The molecule has 1 aromatic carbocycles. The number of carbonyl (C=O) groups is 2. The van der Waals surface area contributed by atoms with Crippen molar-refractivity contribution >= 4 is 11.7 Å². The van der Waals surface area contributed by atoms with Crippen molar-refractivity contribution < 1.29 is 32.6 Å². The lowest BCUT2D eigenvalue weighted by atomic mass is 9.95. The highest BCUT2D eigenvalue weighted by Gasteiger charge is 2.30. The summed E-state index contributed by atoms with van der Waals surface area (Å²) in [5.41, 5.74) is -0.0233. The Morgan fingerprint density at radius 2 is 2.12 bits per heavy atom. The third-order valence-corrected chi connectivity index (χ3v) is 5.11. The van der Waals surface area contributed by atoms with E-state index in [4.69, 9.17) is 4.74 Å². The Bertz CT molecular complexity index is 890. The zero-order chi connectivity index (χ0) is 24.3. The number of rotatable bonds is 12. The zero-order valence-electron chi connectivity index (χ0n) is 18.6. The summed E-state index contributed by atoms with van der Waals surface area (Å²) in [6.45, 7) is 2.28. The van der Waals surface area contributed by atoms with Gasteiger partial charge in [0.15, 0.2) is 0 Å². The van der Waals surface area contributed by atoms with Gasteiger partial charge in [0.05, 0.1) is 5.56 Å². The number of allylic oxidation sites excluding steroid dienone is 5. The zero-order valence-corrected chi connectivity index (χ0v) is 18.6. The molecule has 180 valence electrons.